The molecule has 0 aliphatic carbocycles. The first kappa shape index (κ1) is 14.9. The molecule has 1 rings (SSSR count). The third-order valence-corrected chi connectivity index (χ3v) is 3.85. The number of piperazine rings is 1. The predicted molar refractivity (Wildman–Crippen MR) is 72.5 cm³/mol. The van der Waals surface area contributed by atoms with Crippen molar-refractivity contribution < 1.29 is 4.74 Å². The zero-order valence-electron chi connectivity index (χ0n) is 11.9. The SMILES string of the molecule is CNC(CCCOC)CC1CN(C)CCN1C. The maximum atomic E-state index is 5.12. The highest BCUT2D eigenvalue weighted by Gasteiger charge is 2.24. The lowest BCUT2D eigenvalue weighted by Gasteiger charge is -2.39. The van der Waals surface area contributed by atoms with Crippen LogP contribution < -0.4 is 5.32 Å². The van der Waals surface area contributed by atoms with E-state index in [-0.39, 0.29) is 0 Å². The van der Waals surface area contributed by atoms with Gasteiger partial charge in [0, 0.05) is 45.4 Å². The molecule has 0 saturated carbocycles. The predicted octanol–water partition coefficient (Wildman–Crippen LogP) is 0.637. The zero-order chi connectivity index (χ0) is 12.7. The number of methoxy groups -OCH3 is 1. The molecule has 4 nitrogen and oxygen atoms in total. The van der Waals surface area contributed by atoms with Gasteiger partial charge in [0.2, 0.25) is 0 Å². The largest absolute Gasteiger partial charge is 0.385 e. The van der Waals surface area contributed by atoms with E-state index >= 15 is 0 Å². The smallest absolute Gasteiger partial charge is 0.0462 e. The van der Waals surface area contributed by atoms with Crippen LogP contribution in [0, 0.1) is 0 Å². The molecule has 1 saturated heterocycles. The van der Waals surface area contributed by atoms with Gasteiger partial charge in [0.25, 0.3) is 0 Å². The lowest BCUT2D eigenvalue weighted by molar-refractivity contribution is 0.0992. The Balaban J connectivity index is 2.32. The van der Waals surface area contributed by atoms with E-state index in [0.717, 1.165) is 13.0 Å². The van der Waals surface area contributed by atoms with Crippen LogP contribution >= 0.6 is 0 Å². The van der Waals surface area contributed by atoms with Crippen LogP contribution in [-0.2, 0) is 4.74 Å². The summed E-state index contributed by atoms with van der Waals surface area (Å²) in [5.41, 5.74) is 0. The van der Waals surface area contributed by atoms with Gasteiger partial charge in [0.05, 0.1) is 0 Å². The summed E-state index contributed by atoms with van der Waals surface area (Å²) in [6.07, 6.45) is 3.59. The molecule has 0 radical (unpaired) electrons. The van der Waals surface area contributed by atoms with Crippen molar-refractivity contribution in [3.63, 3.8) is 0 Å². The Kier molecular flexibility index (Phi) is 7.04. The number of hydrogen-bond acceptors (Lipinski definition) is 4. The molecule has 17 heavy (non-hydrogen) atoms. The number of likely N-dealkylation sites (N-methyl/N-ethyl adjacent to an activating group) is 2. The summed E-state index contributed by atoms with van der Waals surface area (Å²) in [6, 6.07) is 1.30. The van der Waals surface area contributed by atoms with E-state index < -0.39 is 0 Å². The molecule has 0 aromatic heterocycles. The molecule has 4 heteroatoms. The molecule has 1 aliphatic heterocycles. The molecule has 102 valence electrons. The van der Waals surface area contributed by atoms with Crippen LogP contribution in [0.15, 0.2) is 0 Å². The van der Waals surface area contributed by atoms with Crippen LogP contribution in [0.3, 0.4) is 0 Å². The van der Waals surface area contributed by atoms with Gasteiger partial charge in [-0.05, 0) is 40.4 Å². The Labute approximate surface area is 106 Å². The van der Waals surface area contributed by atoms with Crippen LogP contribution in [0.5, 0.6) is 0 Å². The molecule has 0 aromatic rings. The molecule has 1 aliphatic rings. The molecule has 0 bridgehead atoms. The van der Waals surface area contributed by atoms with Gasteiger partial charge in [-0.15, -0.1) is 0 Å². The van der Waals surface area contributed by atoms with Crippen LogP contribution in [0.25, 0.3) is 0 Å². The van der Waals surface area contributed by atoms with Crippen LogP contribution in [-0.4, -0.2) is 76.4 Å². The van der Waals surface area contributed by atoms with E-state index in [9.17, 15) is 0 Å². The van der Waals surface area contributed by atoms with Crippen molar-refractivity contribution >= 4 is 0 Å². The highest BCUT2D eigenvalue weighted by Crippen LogP contribution is 2.14. The van der Waals surface area contributed by atoms with Gasteiger partial charge in [-0.25, -0.2) is 0 Å². The molecule has 2 atom stereocenters. The lowest BCUT2D eigenvalue weighted by atomic mass is 10.00. The molecule has 1 heterocycles. The fraction of sp³-hybridized carbons (Fsp3) is 1.00. The van der Waals surface area contributed by atoms with E-state index in [1.807, 2.05) is 0 Å². The van der Waals surface area contributed by atoms with Crippen molar-refractivity contribution in [2.75, 3.05) is 54.5 Å². The van der Waals surface area contributed by atoms with Gasteiger partial charge in [0.1, 0.15) is 0 Å². The number of nitrogens with zero attached hydrogens (tertiary/aromatic N) is 2. The monoisotopic (exact) mass is 243 g/mol. The van der Waals surface area contributed by atoms with Crippen LogP contribution in [0.4, 0.5) is 0 Å². The van der Waals surface area contributed by atoms with Crippen molar-refractivity contribution in [2.45, 2.75) is 31.3 Å². The first-order chi connectivity index (χ1) is 8.17. The van der Waals surface area contributed by atoms with Gasteiger partial charge in [-0.3, -0.25) is 0 Å². The average Bonchev–Trinajstić information content (AvgIpc) is 2.32. The van der Waals surface area contributed by atoms with Crippen LogP contribution in [0.2, 0.25) is 0 Å². The number of ether oxygens (including phenoxy) is 1. The van der Waals surface area contributed by atoms with Gasteiger partial charge in [-0.1, -0.05) is 0 Å². The Morgan fingerprint density at radius 2 is 2.12 bits per heavy atom. The first-order valence-corrected chi connectivity index (χ1v) is 6.72. The molecule has 1 N–H and O–H groups in total. The summed E-state index contributed by atoms with van der Waals surface area (Å²) in [7, 11) is 8.32. The van der Waals surface area contributed by atoms with E-state index in [1.165, 1.54) is 32.5 Å². The van der Waals surface area contributed by atoms with Gasteiger partial charge < -0.3 is 19.9 Å². The third-order valence-electron chi connectivity index (χ3n) is 3.85. The Morgan fingerprint density at radius 3 is 2.76 bits per heavy atom. The standard InChI is InChI=1S/C13H29N3O/c1-14-12(6-5-9-17-4)10-13-11-15(2)7-8-16(13)3/h12-14H,5-11H2,1-4H3. The van der Waals surface area contributed by atoms with Gasteiger partial charge >= 0.3 is 0 Å². The first-order valence-electron chi connectivity index (χ1n) is 6.72. The Morgan fingerprint density at radius 1 is 1.35 bits per heavy atom. The number of hydrogen-bond donors (Lipinski definition) is 1. The second kappa shape index (κ2) is 8.03. The average molecular weight is 243 g/mol. The highest BCUT2D eigenvalue weighted by atomic mass is 16.5. The second-order valence-corrected chi connectivity index (χ2v) is 5.25. The summed E-state index contributed by atoms with van der Waals surface area (Å²) in [6.45, 7) is 4.45. The Bertz CT molecular complexity index is 201. The van der Waals surface area contributed by atoms with Crippen molar-refractivity contribution in [2.24, 2.45) is 0 Å². The van der Waals surface area contributed by atoms with Crippen molar-refractivity contribution in [1.82, 2.24) is 15.1 Å². The summed E-state index contributed by atoms with van der Waals surface area (Å²) in [5.74, 6) is 0. The minimum Gasteiger partial charge on any atom is -0.385 e. The Hall–Kier alpha value is -0.160. The summed E-state index contributed by atoms with van der Waals surface area (Å²) < 4.78 is 5.12. The molecule has 1 fully saturated rings. The summed E-state index contributed by atoms with van der Waals surface area (Å²) in [5, 5.41) is 3.44. The van der Waals surface area contributed by atoms with Crippen molar-refractivity contribution in [1.29, 1.82) is 0 Å². The maximum Gasteiger partial charge on any atom is 0.0462 e. The molecular weight excluding hydrogens is 214 g/mol. The zero-order valence-corrected chi connectivity index (χ0v) is 11.9. The third kappa shape index (κ3) is 5.34. The number of rotatable bonds is 7. The molecule has 0 amide bonds. The van der Waals surface area contributed by atoms with E-state index in [1.54, 1.807) is 7.11 Å². The highest BCUT2D eigenvalue weighted by molar-refractivity contribution is 4.82. The number of nitrogens with one attached hydrogen (secondary N) is 1. The van der Waals surface area contributed by atoms with E-state index in [2.05, 4.69) is 36.3 Å². The minimum absolute atomic E-state index is 0.615. The fourth-order valence-electron chi connectivity index (χ4n) is 2.54. The van der Waals surface area contributed by atoms with E-state index in [0.29, 0.717) is 12.1 Å². The summed E-state index contributed by atoms with van der Waals surface area (Å²) in [4.78, 5) is 4.94. The minimum atomic E-state index is 0.615. The molecule has 0 aromatic carbocycles. The molecular formula is C13H29N3O. The maximum absolute atomic E-state index is 5.12. The van der Waals surface area contributed by atoms with Crippen molar-refractivity contribution in [3.8, 4) is 0 Å². The van der Waals surface area contributed by atoms with Crippen molar-refractivity contribution in [3.05, 3.63) is 0 Å². The molecule has 2 unspecified atom stereocenters. The second-order valence-electron chi connectivity index (χ2n) is 5.25. The molecule has 0 spiro atoms. The summed E-state index contributed by atoms with van der Waals surface area (Å²) >= 11 is 0. The topological polar surface area (TPSA) is 27.7 Å². The normalized spacial score (nSPS) is 25.1. The fourth-order valence-corrected chi connectivity index (χ4v) is 2.54. The van der Waals surface area contributed by atoms with Gasteiger partial charge in [0.15, 0.2) is 0 Å². The van der Waals surface area contributed by atoms with E-state index in [4.69, 9.17) is 4.74 Å². The lowest BCUT2D eigenvalue weighted by Crippen LogP contribution is -2.52. The van der Waals surface area contributed by atoms with Gasteiger partial charge in [-0.2, -0.15) is 0 Å². The quantitative estimate of drug-likeness (QED) is 0.664. The van der Waals surface area contributed by atoms with Crippen LogP contribution in [0.1, 0.15) is 19.3 Å².